The van der Waals surface area contributed by atoms with Crippen molar-refractivity contribution in [3.8, 4) is 0 Å². The predicted molar refractivity (Wildman–Crippen MR) is 99.7 cm³/mol. The Kier molecular flexibility index (Phi) is 5.56. The Morgan fingerprint density at radius 1 is 1.08 bits per heavy atom. The van der Waals surface area contributed by atoms with Gasteiger partial charge >= 0.3 is 0 Å². The van der Waals surface area contributed by atoms with Crippen molar-refractivity contribution in [1.29, 1.82) is 0 Å². The van der Waals surface area contributed by atoms with Crippen LogP contribution < -0.4 is 10.2 Å². The fourth-order valence-electron chi connectivity index (χ4n) is 3.02. The summed E-state index contributed by atoms with van der Waals surface area (Å²) >= 11 is 6.26. The van der Waals surface area contributed by atoms with E-state index in [1.54, 1.807) is 18.2 Å². The zero-order chi connectivity index (χ0) is 17.8. The first-order valence-corrected chi connectivity index (χ1v) is 8.73. The molecule has 25 heavy (non-hydrogen) atoms. The summed E-state index contributed by atoms with van der Waals surface area (Å²) in [6.07, 6.45) is 0. The number of piperazine rings is 1. The summed E-state index contributed by atoms with van der Waals surface area (Å²) in [4.78, 5) is 16.7. The number of carbonyl (C=O) groups excluding carboxylic acids is 1. The normalized spacial score (nSPS) is 16.5. The summed E-state index contributed by atoms with van der Waals surface area (Å²) < 4.78 is 13.7. The van der Waals surface area contributed by atoms with Gasteiger partial charge in [-0.1, -0.05) is 35.9 Å². The molecule has 0 spiro atoms. The van der Waals surface area contributed by atoms with Gasteiger partial charge in [-0.2, -0.15) is 0 Å². The van der Waals surface area contributed by atoms with Crippen LogP contribution in [-0.2, 0) is 4.79 Å². The van der Waals surface area contributed by atoms with E-state index in [-0.39, 0.29) is 17.6 Å². The van der Waals surface area contributed by atoms with Crippen molar-refractivity contribution in [3.63, 3.8) is 0 Å². The molecule has 1 saturated heterocycles. The van der Waals surface area contributed by atoms with Crippen LogP contribution in [0.1, 0.15) is 6.92 Å². The summed E-state index contributed by atoms with van der Waals surface area (Å²) in [6.45, 7) is 4.93. The van der Waals surface area contributed by atoms with Gasteiger partial charge in [0.1, 0.15) is 5.82 Å². The van der Waals surface area contributed by atoms with Crippen molar-refractivity contribution in [2.45, 2.75) is 13.0 Å². The summed E-state index contributed by atoms with van der Waals surface area (Å²) in [5, 5.41) is 3.41. The van der Waals surface area contributed by atoms with Gasteiger partial charge in [-0.05, 0) is 31.2 Å². The average Bonchev–Trinajstić information content (AvgIpc) is 2.63. The summed E-state index contributed by atoms with van der Waals surface area (Å²) in [6, 6.07) is 13.6. The van der Waals surface area contributed by atoms with Crippen LogP contribution in [0, 0.1) is 5.82 Å². The summed E-state index contributed by atoms with van der Waals surface area (Å²) in [7, 11) is 0. The number of carbonyl (C=O) groups is 1. The number of benzene rings is 2. The van der Waals surface area contributed by atoms with Crippen molar-refractivity contribution >= 4 is 28.9 Å². The number of amides is 1. The molecular formula is C19H21ClFN3O. The van der Waals surface area contributed by atoms with E-state index >= 15 is 0 Å². The van der Waals surface area contributed by atoms with Crippen LogP contribution in [0.2, 0.25) is 5.02 Å². The molecule has 2 aromatic carbocycles. The minimum absolute atomic E-state index is 0.198. The van der Waals surface area contributed by atoms with Crippen molar-refractivity contribution < 1.29 is 9.18 Å². The first kappa shape index (κ1) is 17.7. The maximum absolute atomic E-state index is 13.7. The Labute approximate surface area is 152 Å². The fourth-order valence-corrected chi connectivity index (χ4v) is 3.28. The van der Waals surface area contributed by atoms with Crippen LogP contribution in [0.3, 0.4) is 0 Å². The molecule has 0 radical (unpaired) electrons. The quantitative estimate of drug-likeness (QED) is 0.903. The van der Waals surface area contributed by atoms with Gasteiger partial charge in [-0.15, -0.1) is 0 Å². The minimum Gasteiger partial charge on any atom is -0.368 e. The molecule has 4 nitrogen and oxygen atoms in total. The van der Waals surface area contributed by atoms with Crippen LogP contribution in [-0.4, -0.2) is 43.0 Å². The largest absolute Gasteiger partial charge is 0.368 e. The lowest BCUT2D eigenvalue weighted by Crippen LogP contribution is -2.53. The Bertz CT molecular complexity index is 747. The average molecular weight is 362 g/mol. The highest BCUT2D eigenvalue weighted by Gasteiger charge is 2.26. The lowest BCUT2D eigenvalue weighted by molar-refractivity contribution is -0.120. The third kappa shape index (κ3) is 4.11. The van der Waals surface area contributed by atoms with Gasteiger partial charge in [-0.3, -0.25) is 9.69 Å². The second-order valence-electron chi connectivity index (χ2n) is 6.12. The van der Waals surface area contributed by atoms with E-state index in [1.165, 1.54) is 6.07 Å². The highest BCUT2D eigenvalue weighted by molar-refractivity contribution is 6.33. The van der Waals surface area contributed by atoms with E-state index in [4.69, 9.17) is 11.6 Å². The summed E-state index contributed by atoms with van der Waals surface area (Å²) in [5.41, 5.74) is 1.24. The van der Waals surface area contributed by atoms with E-state index in [9.17, 15) is 9.18 Å². The van der Waals surface area contributed by atoms with Gasteiger partial charge in [0.2, 0.25) is 5.91 Å². The van der Waals surface area contributed by atoms with Gasteiger partial charge in [-0.25, -0.2) is 4.39 Å². The molecule has 1 N–H and O–H groups in total. The van der Waals surface area contributed by atoms with Crippen LogP contribution in [0.4, 0.5) is 15.8 Å². The second-order valence-corrected chi connectivity index (χ2v) is 6.53. The standard InChI is InChI=1S/C19H21ClFN3O/c1-14(19(25)22-17-8-4-3-7-16(17)21)23-10-12-24(13-11-23)18-9-5-2-6-15(18)20/h2-9,14H,10-13H2,1H3,(H,22,25). The topological polar surface area (TPSA) is 35.6 Å². The van der Waals surface area contributed by atoms with Gasteiger partial charge in [0.05, 0.1) is 22.4 Å². The Morgan fingerprint density at radius 2 is 1.72 bits per heavy atom. The number of para-hydroxylation sites is 2. The molecule has 132 valence electrons. The fraction of sp³-hybridized carbons (Fsp3) is 0.316. The van der Waals surface area contributed by atoms with Crippen molar-refractivity contribution in [2.24, 2.45) is 0 Å². The molecule has 1 amide bonds. The third-order valence-corrected chi connectivity index (χ3v) is 4.89. The Morgan fingerprint density at radius 3 is 2.40 bits per heavy atom. The number of rotatable bonds is 4. The van der Waals surface area contributed by atoms with E-state index < -0.39 is 5.82 Å². The van der Waals surface area contributed by atoms with E-state index in [0.717, 1.165) is 36.9 Å². The maximum atomic E-state index is 13.7. The van der Waals surface area contributed by atoms with Gasteiger partial charge in [0.25, 0.3) is 0 Å². The minimum atomic E-state index is -0.424. The second kappa shape index (κ2) is 7.85. The molecule has 0 saturated carbocycles. The molecule has 1 aliphatic rings. The number of hydrogen-bond donors (Lipinski definition) is 1. The van der Waals surface area contributed by atoms with E-state index in [1.807, 2.05) is 31.2 Å². The predicted octanol–water partition coefficient (Wildman–Crippen LogP) is 3.63. The van der Waals surface area contributed by atoms with Crippen molar-refractivity contribution in [1.82, 2.24) is 4.90 Å². The molecule has 2 aromatic rings. The van der Waals surface area contributed by atoms with Crippen LogP contribution in [0.15, 0.2) is 48.5 Å². The number of halogens is 2. The molecule has 1 atom stereocenters. The molecule has 1 unspecified atom stereocenters. The Hall–Kier alpha value is -2.11. The molecule has 6 heteroatoms. The number of hydrogen-bond acceptors (Lipinski definition) is 3. The molecule has 3 rings (SSSR count). The monoisotopic (exact) mass is 361 g/mol. The van der Waals surface area contributed by atoms with Gasteiger partial charge in [0.15, 0.2) is 0 Å². The highest BCUT2D eigenvalue weighted by Crippen LogP contribution is 2.26. The van der Waals surface area contributed by atoms with Crippen molar-refractivity contribution in [3.05, 3.63) is 59.4 Å². The number of nitrogens with one attached hydrogen (secondary N) is 1. The lowest BCUT2D eigenvalue weighted by Gasteiger charge is -2.38. The molecule has 1 aliphatic heterocycles. The van der Waals surface area contributed by atoms with Crippen LogP contribution >= 0.6 is 11.6 Å². The van der Waals surface area contributed by atoms with E-state index in [0.29, 0.717) is 0 Å². The van der Waals surface area contributed by atoms with Crippen molar-refractivity contribution in [2.75, 3.05) is 36.4 Å². The first-order valence-electron chi connectivity index (χ1n) is 8.35. The molecule has 1 heterocycles. The Balaban J connectivity index is 1.58. The molecule has 0 aliphatic carbocycles. The van der Waals surface area contributed by atoms with Crippen LogP contribution in [0.25, 0.3) is 0 Å². The molecular weight excluding hydrogens is 341 g/mol. The zero-order valence-electron chi connectivity index (χ0n) is 14.1. The zero-order valence-corrected chi connectivity index (χ0v) is 14.8. The highest BCUT2D eigenvalue weighted by atomic mass is 35.5. The maximum Gasteiger partial charge on any atom is 0.241 e. The van der Waals surface area contributed by atoms with Crippen LogP contribution in [0.5, 0.6) is 0 Å². The smallest absolute Gasteiger partial charge is 0.241 e. The summed E-state index contributed by atoms with van der Waals surface area (Å²) in [5.74, 6) is -0.622. The number of anilines is 2. The molecule has 1 fully saturated rings. The molecule has 0 aromatic heterocycles. The lowest BCUT2D eigenvalue weighted by atomic mass is 10.2. The van der Waals surface area contributed by atoms with E-state index in [2.05, 4.69) is 15.1 Å². The SMILES string of the molecule is CC(C(=O)Nc1ccccc1F)N1CCN(c2ccccc2Cl)CC1. The first-order chi connectivity index (χ1) is 12.1. The van der Waals surface area contributed by atoms with Gasteiger partial charge < -0.3 is 10.2 Å². The third-order valence-electron chi connectivity index (χ3n) is 4.57. The molecule has 0 bridgehead atoms. The number of nitrogens with zero attached hydrogens (tertiary/aromatic N) is 2. The van der Waals surface area contributed by atoms with Gasteiger partial charge in [0, 0.05) is 26.2 Å².